The highest BCUT2D eigenvalue weighted by atomic mass is 16.4. The number of hydrogen-bond donors (Lipinski definition) is 1. The standard InChI is InChI=1S/C5H8O2.2C3H6.3C2H6.C2H4.CH4/c1-3-4(2)5(6)7;2*1-3-2;4*1-2;/h3H,1-2H3,(H,6,7);2*3H,1H2,2H3;3*1-2H3;1-2H2;1H4/b4-3+;;;;;;;. The zero-order valence-electron chi connectivity index (χ0n) is 16.4. The summed E-state index contributed by atoms with van der Waals surface area (Å²) in [4.78, 5) is 9.86. The molecule has 0 fully saturated rings. The van der Waals surface area contributed by atoms with E-state index in [9.17, 15) is 4.79 Å². The van der Waals surface area contributed by atoms with Crippen molar-refractivity contribution in [2.75, 3.05) is 0 Å². The summed E-state index contributed by atoms with van der Waals surface area (Å²) in [5.74, 6) is -0.845. The van der Waals surface area contributed by atoms with Gasteiger partial charge in [0.05, 0.1) is 0 Å². The van der Waals surface area contributed by atoms with E-state index in [0.717, 1.165) is 0 Å². The van der Waals surface area contributed by atoms with E-state index in [1.54, 1.807) is 32.1 Å². The summed E-state index contributed by atoms with van der Waals surface area (Å²) in [5.41, 5.74) is 0.389. The quantitative estimate of drug-likeness (QED) is 0.393. The highest BCUT2D eigenvalue weighted by Gasteiger charge is 1.93. The summed E-state index contributed by atoms with van der Waals surface area (Å²) in [5, 5.41) is 8.11. The lowest BCUT2D eigenvalue weighted by molar-refractivity contribution is -0.132. The Morgan fingerprint density at radius 2 is 0.955 bits per heavy atom. The first-order valence-corrected chi connectivity index (χ1v) is 7.51. The zero-order valence-corrected chi connectivity index (χ0v) is 16.4. The Bertz CT molecular complexity index is 174. The van der Waals surface area contributed by atoms with Gasteiger partial charge in [-0.05, 0) is 27.7 Å². The maximum absolute atomic E-state index is 9.86. The maximum Gasteiger partial charge on any atom is 0.330 e. The summed E-state index contributed by atoms with van der Waals surface area (Å²) < 4.78 is 0. The van der Waals surface area contributed by atoms with Crippen LogP contribution in [-0.4, -0.2) is 11.1 Å². The third-order valence-corrected chi connectivity index (χ3v) is 0.770. The van der Waals surface area contributed by atoms with E-state index in [-0.39, 0.29) is 7.43 Å². The van der Waals surface area contributed by atoms with Gasteiger partial charge < -0.3 is 5.11 Å². The molecular weight excluding hydrogens is 272 g/mol. The van der Waals surface area contributed by atoms with E-state index < -0.39 is 5.97 Å². The molecule has 0 saturated carbocycles. The van der Waals surface area contributed by atoms with E-state index in [1.807, 2.05) is 55.4 Å². The van der Waals surface area contributed by atoms with Crippen LogP contribution in [0.2, 0.25) is 0 Å². The van der Waals surface area contributed by atoms with Gasteiger partial charge in [-0.15, -0.1) is 26.3 Å². The van der Waals surface area contributed by atoms with Crippen LogP contribution in [0.25, 0.3) is 0 Å². The predicted molar refractivity (Wildman–Crippen MR) is 111 cm³/mol. The molecule has 0 aromatic rings. The number of allylic oxidation sites excluding steroid dienone is 3. The summed E-state index contributed by atoms with van der Waals surface area (Å²) in [7, 11) is 0. The molecule has 0 aromatic carbocycles. The molecule has 0 amide bonds. The lowest BCUT2D eigenvalue weighted by Gasteiger charge is -1.84. The Labute approximate surface area is 143 Å². The van der Waals surface area contributed by atoms with Crippen molar-refractivity contribution in [3.05, 3.63) is 50.1 Å². The number of rotatable bonds is 1. The van der Waals surface area contributed by atoms with Gasteiger partial charge in [-0.1, -0.05) is 67.2 Å². The van der Waals surface area contributed by atoms with Gasteiger partial charge in [0.2, 0.25) is 0 Å². The van der Waals surface area contributed by atoms with Crippen molar-refractivity contribution in [1.82, 2.24) is 0 Å². The molecule has 0 spiro atoms. The van der Waals surface area contributed by atoms with Gasteiger partial charge in [-0.25, -0.2) is 4.79 Å². The van der Waals surface area contributed by atoms with Crippen molar-refractivity contribution in [2.24, 2.45) is 0 Å². The van der Waals surface area contributed by atoms with Gasteiger partial charge in [0.1, 0.15) is 0 Å². The molecule has 138 valence electrons. The van der Waals surface area contributed by atoms with Gasteiger partial charge >= 0.3 is 5.97 Å². The molecule has 1 N–H and O–H groups in total. The molecule has 0 atom stereocenters. The molecule has 2 heteroatoms. The van der Waals surface area contributed by atoms with Crippen LogP contribution in [-0.2, 0) is 4.79 Å². The van der Waals surface area contributed by atoms with Crippen molar-refractivity contribution < 1.29 is 9.90 Å². The van der Waals surface area contributed by atoms with Crippen LogP contribution in [0.3, 0.4) is 0 Å². The van der Waals surface area contributed by atoms with Gasteiger partial charge in [0, 0.05) is 5.57 Å². The molecular formula is C20H46O2. The first-order valence-electron chi connectivity index (χ1n) is 7.51. The van der Waals surface area contributed by atoms with Gasteiger partial charge in [0.25, 0.3) is 0 Å². The molecule has 0 aliphatic heterocycles. The number of carbonyl (C=O) groups is 1. The van der Waals surface area contributed by atoms with Crippen LogP contribution >= 0.6 is 0 Å². The highest BCUT2D eigenvalue weighted by Crippen LogP contribution is 1.87. The second kappa shape index (κ2) is 120. The van der Waals surface area contributed by atoms with Crippen molar-refractivity contribution in [3.63, 3.8) is 0 Å². The molecule has 0 radical (unpaired) electrons. The number of hydrogen-bond acceptors (Lipinski definition) is 1. The largest absolute Gasteiger partial charge is 0.478 e. The van der Waals surface area contributed by atoms with E-state index in [1.165, 1.54) is 0 Å². The average Bonchev–Trinajstić information content (AvgIpc) is 2.55. The summed E-state index contributed by atoms with van der Waals surface area (Å²) in [6.07, 6.45) is 5.06. The minimum atomic E-state index is -0.845. The summed E-state index contributed by atoms with van der Waals surface area (Å²) in [6.45, 7) is 31.8. The van der Waals surface area contributed by atoms with Gasteiger partial charge in [0.15, 0.2) is 0 Å². The van der Waals surface area contributed by atoms with Crippen molar-refractivity contribution in [2.45, 2.75) is 76.7 Å². The Hall–Kier alpha value is -1.57. The number of aliphatic carboxylic acids is 1. The molecule has 0 unspecified atom stereocenters. The molecule has 0 saturated heterocycles. The molecule has 2 nitrogen and oxygen atoms in total. The number of carboxylic acid groups (broad SMARTS) is 1. The minimum Gasteiger partial charge on any atom is -0.478 e. The summed E-state index contributed by atoms with van der Waals surface area (Å²) in [6, 6.07) is 0. The third-order valence-electron chi connectivity index (χ3n) is 0.770. The molecule has 0 aromatic heterocycles. The van der Waals surface area contributed by atoms with Crippen LogP contribution in [0.5, 0.6) is 0 Å². The molecule has 22 heavy (non-hydrogen) atoms. The normalized spacial score (nSPS) is 5.82. The van der Waals surface area contributed by atoms with Crippen molar-refractivity contribution >= 4 is 5.97 Å². The Kier molecular flexibility index (Phi) is 271. The van der Waals surface area contributed by atoms with Crippen LogP contribution in [0, 0.1) is 0 Å². The van der Waals surface area contributed by atoms with E-state index in [2.05, 4.69) is 26.3 Å². The second-order valence-electron chi connectivity index (χ2n) is 2.09. The van der Waals surface area contributed by atoms with E-state index >= 15 is 0 Å². The maximum atomic E-state index is 9.86. The minimum absolute atomic E-state index is 0. The molecule has 0 aliphatic carbocycles. The van der Waals surface area contributed by atoms with Crippen molar-refractivity contribution in [1.29, 1.82) is 0 Å². The van der Waals surface area contributed by atoms with Gasteiger partial charge in [-0.2, -0.15) is 0 Å². The first-order chi connectivity index (χ1) is 10.0. The molecule has 0 bridgehead atoms. The Morgan fingerprint density at radius 1 is 0.818 bits per heavy atom. The lowest BCUT2D eigenvalue weighted by atomic mass is 10.3. The fourth-order valence-corrected chi connectivity index (χ4v) is 0.123. The molecule has 0 heterocycles. The van der Waals surface area contributed by atoms with Crippen molar-refractivity contribution in [3.8, 4) is 0 Å². The average molecular weight is 319 g/mol. The number of carboxylic acids is 1. The second-order valence-corrected chi connectivity index (χ2v) is 2.09. The Balaban J connectivity index is -0.0000000189. The fourth-order valence-electron chi connectivity index (χ4n) is 0.123. The molecule has 0 rings (SSSR count). The zero-order chi connectivity index (χ0) is 19.3. The van der Waals surface area contributed by atoms with Crippen LogP contribution in [0.4, 0.5) is 0 Å². The summed E-state index contributed by atoms with van der Waals surface area (Å²) >= 11 is 0. The fraction of sp³-hybridized carbons (Fsp3) is 0.550. The predicted octanol–water partition coefficient (Wildman–Crippen LogP) is 7.94. The first kappa shape index (κ1) is 49.9. The highest BCUT2D eigenvalue weighted by molar-refractivity contribution is 5.85. The van der Waals surface area contributed by atoms with Gasteiger partial charge in [-0.3, -0.25) is 0 Å². The monoisotopic (exact) mass is 318 g/mol. The lowest BCUT2D eigenvalue weighted by Crippen LogP contribution is -1.93. The van der Waals surface area contributed by atoms with Crippen LogP contribution in [0.15, 0.2) is 50.1 Å². The SMILES string of the molecule is C.C/C=C(\C)C(=O)O.C=C.C=CC.C=CC.CC.CC.CC. The topological polar surface area (TPSA) is 37.3 Å². The van der Waals surface area contributed by atoms with Crippen LogP contribution in [0.1, 0.15) is 76.7 Å². The smallest absolute Gasteiger partial charge is 0.330 e. The Morgan fingerprint density at radius 3 is 0.955 bits per heavy atom. The van der Waals surface area contributed by atoms with Crippen LogP contribution < -0.4 is 0 Å². The van der Waals surface area contributed by atoms with E-state index in [0.29, 0.717) is 5.57 Å². The van der Waals surface area contributed by atoms with E-state index in [4.69, 9.17) is 5.11 Å². The third kappa shape index (κ3) is 285. The molecule has 0 aliphatic rings.